The van der Waals surface area contributed by atoms with Gasteiger partial charge in [-0.3, -0.25) is 14.5 Å². The maximum atomic E-state index is 13.0. The van der Waals surface area contributed by atoms with E-state index in [9.17, 15) is 18.8 Å². The number of nitrogens with one attached hydrogen (secondary N) is 1. The first-order valence-electron chi connectivity index (χ1n) is 8.22. The number of nitrogens with zero attached hydrogens (tertiary/aromatic N) is 1. The van der Waals surface area contributed by atoms with Crippen molar-refractivity contribution in [2.45, 2.75) is 25.1 Å². The largest absolute Gasteiger partial charge is 0.433 e. The molecule has 0 aromatic heterocycles. The SMILES string of the molecule is O=C1O[C@@H](N2C(=O)CC[C@@H]2C(=O)Nc2ccc(F)cc2)c2ccccc21. The van der Waals surface area contributed by atoms with Crippen LogP contribution in [0.15, 0.2) is 48.5 Å². The van der Waals surface area contributed by atoms with Gasteiger partial charge in [0, 0.05) is 17.7 Å². The van der Waals surface area contributed by atoms with Crippen LogP contribution in [0.4, 0.5) is 10.1 Å². The summed E-state index contributed by atoms with van der Waals surface area (Å²) in [5.74, 6) is -1.57. The van der Waals surface area contributed by atoms with Crippen molar-refractivity contribution in [2.24, 2.45) is 0 Å². The molecule has 2 atom stereocenters. The number of amides is 2. The molecule has 0 radical (unpaired) electrons. The van der Waals surface area contributed by atoms with Gasteiger partial charge in [0.1, 0.15) is 11.9 Å². The van der Waals surface area contributed by atoms with E-state index >= 15 is 0 Å². The van der Waals surface area contributed by atoms with Crippen LogP contribution in [0.1, 0.15) is 35.0 Å². The van der Waals surface area contributed by atoms with Crippen molar-refractivity contribution in [1.29, 1.82) is 0 Å². The number of carbonyl (C=O) groups excluding carboxylic acids is 3. The van der Waals surface area contributed by atoms with E-state index in [1.807, 2.05) is 0 Å². The number of hydrogen-bond acceptors (Lipinski definition) is 4. The summed E-state index contributed by atoms with van der Waals surface area (Å²) in [6.07, 6.45) is -0.391. The van der Waals surface area contributed by atoms with E-state index in [4.69, 9.17) is 4.74 Å². The van der Waals surface area contributed by atoms with Gasteiger partial charge in [0.15, 0.2) is 0 Å². The minimum Gasteiger partial charge on any atom is -0.433 e. The molecular formula is C19H15FN2O4. The zero-order valence-corrected chi connectivity index (χ0v) is 13.6. The van der Waals surface area contributed by atoms with Crippen molar-refractivity contribution in [3.8, 4) is 0 Å². The van der Waals surface area contributed by atoms with Gasteiger partial charge in [0.25, 0.3) is 0 Å². The minimum absolute atomic E-state index is 0.192. The lowest BCUT2D eigenvalue weighted by atomic mass is 10.1. The molecule has 0 saturated carbocycles. The van der Waals surface area contributed by atoms with Crippen LogP contribution >= 0.6 is 0 Å². The molecule has 6 nitrogen and oxygen atoms in total. The quantitative estimate of drug-likeness (QED) is 0.860. The van der Waals surface area contributed by atoms with Crippen molar-refractivity contribution >= 4 is 23.5 Å². The standard InChI is InChI=1S/C19H15FN2O4/c20-11-5-7-12(8-6-11)21-17(24)15-9-10-16(23)22(15)18-13-3-1-2-4-14(13)19(25)26-18/h1-8,15,18H,9-10H2,(H,21,24)/t15-,18-/m1/s1. The Morgan fingerprint density at radius 1 is 1.12 bits per heavy atom. The van der Waals surface area contributed by atoms with E-state index in [1.54, 1.807) is 24.3 Å². The second kappa shape index (κ2) is 6.25. The molecule has 1 saturated heterocycles. The summed E-state index contributed by atoms with van der Waals surface area (Å²) in [5, 5.41) is 2.68. The summed E-state index contributed by atoms with van der Waals surface area (Å²) >= 11 is 0. The van der Waals surface area contributed by atoms with Crippen molar-refractivity contribution in [1.82, 2.24) is 4.90 Å². The number of ether oxygens (including phenoxy) is 1. The first kappa shape index (κ1) is 16.3. The van der Waals surface area contributed by atoms with Crippen LogP contribution in [-0.4, -0.2) is 28.7 Å². The number of benzene rings is 2. The van der Waals surface area contributed by atoms with Crippen LogP contribution in [0.5, 0.6) is 0 Å². The molecule has 2 aromatic carbocycles. The predicted molar refractivity (Wildman–Crippen MR) is 89.5 cm³/mol. The maximum Gasteiger partial charge on any atom is 0.340 e. The molecule has 0 spiro atoms. The molecule has 1 fully saturated rings. The fraction of sp³-hybridized carbons (Fsp3) is 0.211. The Morgan fingerprint density at radius 2 is 1.85 bits per heavy atom. The van der Waals surface area contributed by atoms with E-state index in [-0.39, 0.29) is 12.3 Å². The zero-order valence-electron chi connectivity index (χ0n) is 13.6. The lowest BCUT2D eigenvalue weighted by Crippen LogP contribution is -2.43. The second-order valence-corrected chi connectivity index (χ2v) is 6.20. The molecule has 2 aliphatic heterocycles. The highest BCUT2D eigenvalue weighted by Gasteiger charge is 2.46. The molecule has 26 heavy (non-hydrogen) atoms. The summed E-state index contributed by atoms with van der Waals surface area (Å²) in [7, 11) is 0. The topological polar surface area (TPSA) is 75.7 Å². The Morgan fingerprint density at radius 3 is 2.62 bits per heavy atom. The first-order valence-corrected chi connectivity index (χ1v) is 8.22. The number of halogens is 1. The third-order valence-corrected chi connectivity index (χ3v) is 4.59. The number of hydrogen-bond donors (Lipinski definition) is 1. The molecule has 2 aromatic rings. The Labute approximate surface area is 148 Å². The summed E-state index contributed by atoms with van der Waals surface area (Å²) in [6, 6.07) is 11.4. The highest BCUT2D eigenvalue weighted by molar-refractivity contribution is 6.00. The molecular weight excluding hydrogens is 339 g/mol. The molecule has 0 bridgehead atoms. The van der Waals surface area contributed by atoms with E-state index in [1.165, 1.54) is 29.2 Å². The number of carbonyl (C=O) groups is 3. The lowest BCUT2D eigenvalue weighted by Gasteiger charge is -2.29. The Bertz CT molecular complexity index is 897. The molecule has 2 amide bonds. The molecule has 0 unspecified atom stereocenters. The van der Waals surface area contributed by atoms with Gasteiger partial charge in [-0.25, -0.2) is 9.18 Å². The number of anilines is 1. The van der Waals surface area contributed by atoms with Crippen molar-refractivity contribution in [2.75, 3.05) is 5.32 Å². The Hall–Kier alpha value is -3.22. The monoisotopic (exact) mass is 354 g/mol. The zero-order chi connectivity index (χ0) is 18.3. The molecule has 7 heteroatoms. The van der Waals surface area contributed by atoms with Crippen LogP contribution in [0.2, 0.25) is 0 Å². The summed E-state index contributed by atoms with van der Waals surface area (Å²) in [5.41, 5.74) is 1.40. The molecule has 132 valence electrons. The average molecular weight is 354 g/mol. The Kier molecular flexibility index (Phi) is 3.91. The molecule has 2 heterocycles. The summed E-state index contributed by atoms with van der Waals surface area (Å²) in [4.78, 5) is 38.4. The predicted octanol–water partition coefficient (Wildman–Crippen LogP) is 2.62. The lowest BCUT2D eigenvalue weighted by molar-refractivity contribution is -0.144. The van der Waals surface area contributed by atoms with Gasteiger partial charge in [0.2, 0.25) is 18.0 Å². The van der Waals surface area contributed by atoms with Crippen molar-refractivity contribution in [3.05, 3.63) is 65.5 Å². The maximum absolute atomic E-state index is 13.0. The third-order valence-electron chi connectivity index (χ3n) is 4.59. The fourth-order valence-electron chi connectivity index (χ4n) is 3.35. The molecule has 0 aliphatic carbocycles. The smallest absolute Gasteiger partial charge is 0.340 e. The number of fused-ring (bicyclic) bond motifs is 1. The van der Waals surface area contributed by atoms with Gasteiger partial charge in [-0.2, -0.15) is 0 Å². The van der Waals surface area contributed by atoms with Crippen LogP contribution in [0.25, 0.3) is 0 Å². The summed E-state index contributed by atoms with van der Waals surface area (Å²) < 4.78 is 18.4. The van der Waals surface area contributed by atoms with Crippen molar-refractivity contribution < 1.29 is 23.5 Å². The van der Waals surface area contributed by atoms with Gasteiger partial charge in [-0.05, 0) is 36.8 Å². The highest BCUT2D eigenvalue weighted by atomic mass is 19.1. The molecule has 4 rings (SSSR count). The molecule has 2 aliphatic rings. The Balaban J connectivity index is 1.59. The number of cyclic esters (lactones) is 1. The first-order chi connectivity index (χ1) is 12.5. The van der Waals surface area contributed by atoms with Crippen molar-refractivity contribution in [3.63, 3.8) is 0 Å². The van der Waals surface area contributed by atoms with E-state index in [2.05, 4.69) is 5.32 Å². The van der Waals surface area contributed by atoms with E-state index in [0.29, 0.717) is 23.2 Å². The van der Waals surface area contributed by atoms with Gasteiger partial charge in [0.05, 0.1) is 5.56 Å². The number of rotatable bonds is 3. The van der Waals surface area contributed by atoms with Crippen LogP contribution in [0, 0.1) is 5.82 Å². The molecule has 1 N–H and O–H groups in total. The van der Waals surface area contributed by atoms with E-state index < -0.39 is 30.0 Å². The van der Waals surface area contributed by atoms with Crippen LogP contribution < -0.4 is 5.32 Å². The van der Waals surface area contributed by atoms with Crippen LogP contribution in [0.3, 0.4) is 0 Å². The van der Waals surface area contributed by atoms with Crippen LogP contribution in [-0.2, 0) is 14.3 Å². The fourth-order valence-corrected chi connectivity index (χ4v) is 3.35. The number of esters is 1. The number of likely N-dealkylation sites (tertiary alicyclic amines) is 1. The average Bonchev–Trinajstić information content (AvgIpc) is 3.17. The van der Waals surface area contributed by atoms with Gasteiger partial charge in [-0.15, -0.1) is 0 Å². The minimum atomic E-state index is -0.905. The second-order valence-electron chi connectivity index (χ2n) is 6.20. The highest BCUT2D eigenvalue weighted by Crippen LogP contribution is 2.38. The third kappa shape index (κ3) is 2.71. The summed E-state index contributed by atoms with van der Waals surface area (Å²) in [6.45, 7) is 0. The van der Waals surface area contributed by atoms with Gasteiger partial charge >= 0.3 is 5.97 Å². The van der Waals surface area contributed by atoms with Gasteiger partial charge in [-0.1, -0.05) is 18.2 Å². The normalized spacial score (nSPS) is 21.5. The van der Waals surface area contributed by atoms with Gasteiger partial charge < -0.3 is 10.1 Å². The van der Waals surface area contributed by atoms with E-state index in [0.717, 1.165) is 0 Å².